The number of benzene rings is 4. The number of nitrogens with one attached hydrogen (secondary N) is 3. The number of ether oxygens (including phenoxy) is 2. The maximum atomic E-state index is 14.3. The first kappa shape index (κ1) is 39.6. The quantitative estimate of drug-likeness (QED) is 0.129. The smallest absolute Gasteiger partial charge is 0.407 e. The highest BCUT2D eigenvalue weighted by molar-refractivity contribution is 6.06. The summed E-state index contributed by atoms with van der Waals surface area (Å²) in [4.78, 5) is 70.3. The average molecular weight is 834 g/mol. The number of fused-ring (bicyclic) bond motifs is 6. The van der Waals surface area contributed by atoms with Gasteiger partial charge in [0.05, 0.1) is 43.9 Å². The van der Waals surface area contributed by atoms with Crippen molar-refractivity contribution >= 4 is 46.2 Å². The standard InChI is InChI=1S/C49H51N7O6/c1-26(2)42(53-48(59)61-3)46(57)55-34-17-14-32(21-34)44(55)45-50-25-39(52-45)28-12-10-27(11-13-28)30-15-18-35-31(20-30)16-19-37-36(35)24-38(51-37)41-23-33-22-40(33)56(41)47(58)43(54-49(60)62-4)29-8-6-5-7-9-29/h5-13,15-16,18-20,25-26,32-34,40-44H,14,17,21-24H2,1-4H3,(H,50,52)(H,53,59)(H,54,60)/t32-,33+,34+,40+,41-,42-,43+,44-/m0/s1. The highest BCUT2D eigenvalue weighted by Crippen LogP contribution is 2.52. The lowest BCUT2D eigenvalue weighted by molar-refractivity contribution is -0.139. The number of amides is 4. The van der Waals surface area contributed by atoms with E-state index in [0.717, 1.165) is 88.0 Å². The molecule has 2 saturated heterocycles. The molecule has 4 aromatic carbocycles. The molecule has 3 N–H and O–H groups in total. The number of aromatic nitrogens is 2. The topological polar surface area (TPSA) is 158 Å². The molecule has 0 radical (unpaired) electrons. The minimum atomic E-state index is -0.850. The molecule has 2 bridgehead atoms. The molecule has 5 aliphatic rings. The van der Waals surface area contributed by atoms with Crippen molar-refractivity contribution in [3.05, 3.63) is 108 Å². The van der Waals surface area contributed by atoms with Gasteiger partial charge in [0.1, 0.15) is 17.9 Å². The van der Waals surface area contributed by atoms with E-state index in [1.54, 1.807) is 0 Å². The summed E-state index contributed by atoms with van der Waals surface area (Å²) in [6, 6.07) is 27.0. The molecule has 2 saturated carbocycles. The van der Waals surface area contributed by atoms with Crippen LogP contribution in [-0.4, -0.2) is 87.9 Å². The second kappa shape index (κ2) is 15.8. The van der Waals surface area contributed by atoms with Gasteiger partial charge in [-0.15, -0.1) is 0 Å². The van der Waals surface area contributed by atoms with Crippen LogP contribution in [0.1, 0.15) is 75.0 Å². The van der Waals surface area contributed by atoms with Gasteiger partial charge in [-0.05, 0) is 101 Å². The zero-order valence-electron chi connectivity index (χ0n) is 35.3. The van der Waals surface area contributed by atoms with E-state index < -0.39 is 24.3 Å². The van der Waals surface area contributed by atoms with Crippen LogP contribution >= 0.6 is 0 Å². The maximum absolute atomic E-state index is 14.3. The monoisotopic (exact) mass is 833 g/mol. The molecular formula is C49H51N7O6. The molecule has 8 atom stereocenters. The highest BCUT2D eigenvalue weighted by Gasteiger charge is 2.57. The van der Waals surface area contributed by atoms with Gasteiger partial charge in [-0.25, -0.2) is 14.6 Å². The molecule has 0 unspecified atom stereocenters. The van der Waals surface area contributed by atoms with Gasteiger partial charge in [-0.3, -0.25) is 14.6 Å². The Morgan fingerprint density at radius 2 is 1.52 bits per heavy atom. The average Bonchev–Trinajstić information content (AvgIpc) is 3.92. The minimum absolute atomic E-state index is 0.0921. The molecule has 13 heteroatoms. The fourth-order valence-corrected chi connectivity index (χ4v) is 10.7. The van der Waals surface area contributed by atoms with E-state index in [4.69, 9.17) is 19.5 Å². The van der Waals surface area contributed by atoms with E-state index in [1.807, 2.05) is 60.2 Å². The van der Waals surface area contributed by atoms with E-state index in [0.29, 0.717) is 18.3 Å². The number of carbonyl (C=O) groups is 4. The number of rotatable bonds is 10. The molecule has 4 fully saturated rings. The number of methoxy groups -OCH3 is 2. The summed E-state index contributed by atoms with van der Waals surface area (Å²) in [5.74, 6) is 1.20. The fraction of sp³-hybridized carbons (Fsp3) is 0.388. The lowest BCUT2D eigenvalue weighted by atomic mass is 9.94. The van der Waals surface area contributed by atoms with Gasteiger partial charge in [0, 0.05) is 24.2 Å². The van der Waals surface area contributed by atoms with Gasteiger partial charge in [-0.1, -0.05) is 86.6 Å². The molecule has 0 spiro atoms. The second-order valence-corrected chi connectivity index (χ2v) is 17.9. The van der Waals surface area contributed by atoms with Gasteiger partial charge < -0.3 is 34.9 Å². The zero-order chi connectivity index (χ0) is 42.8. The molecule has 1 aromatic heterocycles. The summed E-state index contributed by atoms with van der Waals surface area (Å²) in [5.41, 5.74) is 7.90. The summed E-state index contributed by atoms with van der Waals surface area (Å²) in [7, 11) is 2.62. The number of aliphatic imine (C=N–C) groups is 1. The third-order valence-electron chi connectivity index (χ3n) is 13.9. The Kier molecular flexibility index (Phi) is 10.1. The highest BCUT2D eigenvalue weighted by atomic mass is 16.5. The lowest BCUT2D eigenvalue weighted by Crippen LogP contribution is -2.54. The Hall–Kier alpha value is -6.50. The fourth-order valence-electron chi connectivity index (χ4n) is 10.7. The van der Waals surface area contributed by atoms with Crippen LogP contribution in [-0.2, 0) is 25.5 Å². The van der Waals surface area contributed by atoms with Crippen LogP contribution < -0.4 is 10.6 Å². The normalized spacial score (nSPS) is 24.0. The van der Waals surface area contributed by atoms with Gasteiger partial charge in [0.15, 0.2) is 0 Å². The number of hydrogen-bond acceptors (Lipinski definition) is 8. The molecule has 10 rings (SSSR count). The molecule has 4 heterocycles. The van der Waals surface area contributed by atoms with Crippen molar-refractivity contribution in [2.24, 2.45) is 22.7 Å². The first-order valence-corrected chi connectivity index (χ1v) is 21.8. The SMILES string of the molecule is COC(=O)N[C@H](C(=O)N1[C@@H]2CC[C@@H](C2)[C@H]1c1ncc(-c2ccc(-c3ccc4c5c(ccc4c3)N=C([C@@H]3C[C@H]4C[C@H]4N3C(=O)[C@H](NC(=O)OC)c3ccccc3)C5)cc2)[nH]1)C(C)C. The van der Waals surface area contributed by atoms with Crippen molar-refractivity contribution in [2.45, 2.75) is 88.6 Å². The van der Waals surface area contributed by atoms with Crippen LogP contribution in [0.2, 0.25) is 0 Å². The van der Waals surface area contributed by atoms with E-state index in [1.165, 1.54) is 19.8 Å². The van der Waals surface area contributed by atoms with Crippen molar-refractivity contribution in [1.29, 1.82) is 0 Å². The summed E-state index contributed by atoms with van der Waals surface area (Å²) in [6.45, 7) is 3.86. The molecule has 62 heavy (non-hydrogen) atoms. The minimum Gasteiger partial charge on any atom is -0.453 e. The predicted molar refractivity (Wildman–Crippen MR) is 235 cm³/mol. The van der Waals surface area contributed by atoms with E-state index in [2.05, 4.69) is 70.2 Å². The molecule has 5 aromatic rings. The van der Waals surface area contributed by atoms with Crippen LogP contribution in [0.25, 0.3) is 33.2 Å². The van der Waals surface area contributed by atoms with Crippen LogP contribution in [0.5, 0.6) is 0 Å². The number of carbonyl (C=O) groups excluding carboxylic acids is 4. The number of hydrogen-bond donors (Lipinski definition) is 3. The summed E-state index contributed by atoms with van der Waals surface area (Å²) < 4.78 is 9.74. The Balaban J connectivity index is 0.846. The molecule has 2 aliphatic carbocycles. The molecule has 13 nitrogen and oxygen atoms in total. The number of piperidine rings is 2. The largest absolute Gasteiger partial charge is 0.453 e. The Morgan fingerprint density at radius 3 is 2.27 bits per heavy atom. The van der Waals surface area contributed by atoms with Gasteiger partial charge in [0.2, 0.25) is 5.91 Å². The second-order valence-electron chi connectivity index (χ2n) is 17.9. The number of aromatic amines is 1. The molecule has 3 aliphatic heterocycles. The lowest BCUT2D eigenvalue weighted by Gasteiger charge is -2.37. The van der Waals surface area contributed by atoms with Crippen LogP contribution in [0.15, 0.2) is 96.1 Å². The third-order valence-corrected chi connectivity index (χ3v) is 13.9. The van der Waals surface area contributed by atoms with E-state index in [9.17, 15) is 19.2 Å². The van der Waals surface area contributed by atoms with E-state index in [-0.39, 0.29) is 41.9 Å². The summed E-state index contributed by atoms with van der Waals surface area (Å²) in [6.07, 6.45) is 6.03. The van der Waals surface area contributed by atoms with Crippen molar-refractivity contribution in [2.75, 3.05) is 14.2 Å². The van der Waals surface area contributed by atoms with Gasteiger partial charge in [-0.2, -0.15) is 0 Å². The molecular weight excluding hydrogens is 783 g/mol. The number of imidazole rings is 1. The van der Waals surface area contributed by atoms with Crippen LogP contribution in [0.4, 0.5) is 15.3 Å². The van der Waals surface area contributed by atoms with Gasteiger partial charge in [0.25, 0.3) is 5.91 Å². The first-order valence-electron chi connectivity index (χ1n) is 21.8. The van der Waals surface area contributed by atoms with Crippen molar-refractivity contribution in [1.82, 2.24) is 30.4 Å². The predicted octanol–water partition coefficient (Wildman–Crippen LogP) is 8.04. The third kappa shape index (κ3) is 6.97. The number of nitrogens with zero attached hydrogens (tertiary/aromatic N) is 4. The number of alkyl carbamates (subject to hydrolysis) is 2. The number of H-pyrrole nitrogens is 1. The van der Waals surface area contributed by atoms with E-state index >= 15 is 0 Å². The number of likely N-dealkylation sites (tertiary alicyclic amines) is 2. The zero-order valence-corrected chi connectivity index (χ0v) is 35.3. The van der Waals surface area contributed by atoms with Crippen LogP contribution in [0.3, 0.4) is 0 Å². The molecule has 4 amide bonds. The Morgan fingerprint density at radius 1 is 0.774 bits per heavy atom. The van der Waals surface area contributed by atoms with Crippen molar-refractivity contribution in [3.8, 4) is 22.4 Å². The molecule has 318 valence electrons. The van der Waals surface area contributed by atoms with Crippen molar-refractivity contribution in [3.63, 3.8) is 0 Å². The summed E-state index contributed by atoms with van der Waals surface area (Å²) >= 11 is 0. The Bertz CT molecular complexity index is 2610. The Labute approximate surface area is 360 Å². The van der Waals surface area contributed by atoms with Crippen LogP contribution in [0, 0.1) is 17.8 Å². The first-order chi connectivity index (χ1) is 30.1. The van der Waals surface area contributed by atoms with Crippen molar-refractivity contribution < 1.29 is 28.7 Å². The maximum Gasteiger partial charge on any atom is 0.407 e. The summed E-state index contributed by atoms with van der Waals surface area (Å²) in [5, 5.41) is 7.83. The van der Waals surface area contributed by atoms with Gasteiger partial charge >= 0.3 is 12.2 Å².